The molecule has 0 saturated carbocycles. The fourth-order valence-corrected chi connectivity index (χ4v) is 7.39. The third-order valence-electron chi connectivity index (χ3n) is 9.55. The molecule has 0 aliphatic heterocycles. The van der Waals surface area contributed by atoms with Gasteiger partial charge in [-0.1, -0.05) is 121 Å². The second-order valence-electron chi connectivity index (χ2n) is 12.3. The van der Waals surface area contributed by atoms with Gasteiger partial charge in [0.1, 0.15) is 5.82 Å². The molecule has 3 nitrogen and oxygen atoms in total. The van der Waals surface area contributed by atoms with E-state index in [2.05, 4.69) is 139 Å². The van der Waals surface area contributed by atoms with Crippen molar-refractivity contribution in [3.8, 4) is 45.4 Å². The van der Waals surface area contributed by atoms with Gasteiger partial charge in [0.15, 0.2) is 0 Å². The summed E-state index contributed by atoms with van der Waals surface area (Å²) in [7, 11) is 0. The van der Waals surface area contributed by atoms with Gasteiger partial charge in [-0.3, -0.25) is 4.57 Å². The van der Waals surface area contributed by atoms with Gasteiger partial charge in [0.25, 0.3) is 0 Å². The van der Waals surface area contributed by atoms with E-state index < -0.39 is 0 Å². The predicted octanol–water partition coefficient (Wildman–Crippen LogP) is 11.7. The molecule has 0 amide bonds. The molecule has 0 unspecified atom stereocenters. The van der Waals surface area contributed by atoms with Crippen LogP contribution in [-0.2, 0) is 0 Å². The van der Waals surface area contributed by atoms with E-state index in [0.29, 0.717) is 5.56 Å². The first-order chi connectivity index (χ1) is 23.7. The van der Waals surface area contributed by atoms with Crippen molar-refractivity contribution in [2.45, 2.75) is 6.92 Å². The van der Waals surface area contributed by atoms with Crippen molar-refractivity contribution in [3.63, 3.8) is 0 Å². The highest BCUT2D eigenvalue weighted by molar-refractivity contribution is 6.23. The normalized spacial score (nSPS) is 11.4. The second-order valence-corrected chi connectivity index (χ2v) is 12.3. The monoisotopic (exact) mass is 611 g/mol. The number of hydrogen-bond donors (Lipinski definition) is 0. The van der Waals surface area contributed by atoms with E-state index in [4.69, 9.17) is 4.98 Å². The van der Waals surface area contributed by atoms with Gasteiger partial charge in [-0.05, 0) is 103 Å². The molecule has 0 fully saturated rings. The van der Waals surface area contributed by atoms with Gasteiger partial charge in [-0.25, -0.2) is 4.98 Å². The molecule has 9 aromatic rings. The van der Waals surface area contributed by atoms with Gasteiger partial charge in [-0.15, -0.1) is 0 Å². The maximum atomic E-state index is 9.61. The van der Waals surface area contributed by atoms with Gasteiger partial charge in [0.2, 0.25) is 0 Å². The molecule has 48 heavy (non-hydrogen) atoms. The molecule has 0 aliphatic carbocycles. The van der Waals surface area contributed by atoms with Crippen LogP contribution in [0.2, 0.25) is 0 Å². The first-order valence-corrected chi connectivity index (χ1v) is 16.2. The molecular weight excluding hydrogens is 583 g/mol. The van der Waals surface area contributed by atoms with Gasteiger partial charge >= 0.3 is 0 Å². The number of para-hydroxylation sites is 1. The predicted molar refractivity (Wildman–Crippen MR) is 199 cm³/mol. The SMILES string of the molecule is Cc1ccc(-c2c3ccccc3c(-c3cccc(-c4nc5cc(C#N)ccc5n4-c4ccccc4)c3)c3ccccc23)c2ccccc12. The molecule has 0 aliphatic rings. The summed E-state index contributed by atoms with van der Waals surface area (Å²) in [5.74, 6) is 0.837. The average Bonchev–Trinajstić information content (AvgIpc) is 3.54. The summed E-state index contributed by atoms with van der Waals surface area (Å²) in [5, 5.41) is 17.0. The largest absolute Gasteiger partial charge is 0.292 e. The topological polar surface area (TPSA) is 41.6 Å². The Labute approximate surface area is 278 Å². The Morgan fingerprint density at radius 1 is 0.521 bits per heavy atom. The van der Waals surface area contributed by atoms with Crippen molar-refractivity contribution in [3.05, 3.63) is 169 Å². The fourth-order valence-electron chi connectivity index (χ4n) is 7.39. The quantitative estimate of drug-likeness (QED) is 0.186. The van der Waals surface area contributed by atoms with E-state index in [1.807, 2.05) is 36.4 Å². The van der Waals surface area contributed by atoms with E-state index in [1.165, 1.54) is 54.6 Å². The Kier molecular flexibility index (Phi) is 6.42. The lowest BCUT2D eigenvalue weighted by Gasteiger charge is -2.19. The molecule has 0 saturated heterocycles. The zero-order valence-electron chi connectivity index (χ0n) is 26.4. The molecule has 0 spiro atoms. The van der Waals surface area contributed by atoms with Crippen LogP contribution in [0.4, 0.5) is 0 Å². The summed E-state index contributed by atoms with van der Waals surface area (Å²) in [6.07, 6.45) is 0. The number of aromatic nitrogens is 2. The number of nitriles is 1. The Morgan fingerprint density at radius 2 is 1.12 bits per heavy atom. The summed E-state index contributed by atoms with van der Waals surface area (Å²) in [6, 6.07) is 57.9. The van der Waals surface area contributed by atoms with Crippen molar-refractivity contribution in [1.29, 1.82) is 5.26 Å². The number of hydrogen-bond acceptors (Lipinski definition) is 2. The minimum Gasteiger partial charge on any atom is -0.292 e. The number of benzene rings is 8. The summed E-state index contributed by atoms with van der Waals surface area (Å²) in [5.41, 5.74) is 10.5. The van der Waals surface area contributed by atoms with Crippen LogP contribution in [0.5, 0.6) is 0 Å². The number of rotatable bonds is 4. The highest BCUT2D eigenvalue weighted by Crippen LogP contribution is 2.46. The van der Waals surface area contributed by atoms with Gasteiger partial charge in [0.05, 0.1) is 22.7 Å². The number of imidazole rings is 1. The molecule has 224 valence electrons. The zero-order valence-corrected chi connectivity index (χ0v) is 26.4. The molecule has 1 aromatic heterocycles. The third-order valence-corrected chi connectivity index (χ3v) is 9.55. The van der Waals surface area contributed by atoms with Crippen molar-refractivity contribution in [1.82, 2.24) is 9.55 Å². The van der Waals surface area contributed by atoms with Crippen LogP contribution in [0.25, 0.3) is 82.7 Å². The van der Waals surface area contributed by atoms with Gasteiger partial charge in [-0.2, -0.15) is 5.26 Å². The lowest BCUT2D eigenvalue weighted by molar-refractivity contribution is 1.10. The van der Waals surface area contributed by atoms with Crippen LogP contribution in [-0.4, -0.2) is 9.55 Å². The van der Waals surface area contributed by atoms with Crippen LogP contribution >= 0.6 is 0 Å². The number of fused-ring (bicyclic) bond motifs is 4. The Hall–Kier alpha value is -6.50. The highest BCUT2D eigenvalue weighted by atomic mass is 15.1. The molecule has 0 radical (unpaired) electrons. The van der Waals surface area contributed by atoms with E-state index in [-0.39, 0.29) is 0 Å². The summed E-state index contributed by atoms with van der Waals surface area (Å²) >= 11 is 0. The third kappa shape index (κ3) is 4.31. The Balaban J connectivity index is 1.33. The summed E-state index contributed by atoms with van der Waals surface area (Å²) < 4.78 is 2.19. The maximum Gasteiger partial charge on any atom is 0.145 e. The first kappa shape index (κ1) is 27.8. The summed E-state index contributed by atoms with van der Waals surface area (Å²) in [4.78, 5) is 5.13. The average molecular weight is 612 g/mol. The zero-order chi connectivity index (χ0) is 32.2. The van der Waals surface area contributed by atoms with Crippen molar-refractivity contribution in [2.24, 2.45) is 0 Å². The van der Waals surface area contributed by atoms with E-state index in [9.17, 15) is 5.26 Å². The molecular formula is C45H29N3. The maximum absolute atomic E-state index is 9.61. The van der Waals surface area contributed by atoms with Gasteiger partial charge in [0, 0.05) is 11.3 Å². The molecule has 9 rings (SSSR count). The van der Waals surface area contributed by atoms with Crippen molar-refractivity contribution < 1.29 is 0 Å². The number of aryl methyl sites for hydroxylation is 1. The molecule has 0 atom stereocenters. The van der Waals surface area contributed by atoms with Crippen LogP contribution in [0, 0.1) is 18.3 Å². The molecule has 8 aromatic carbocycles. The Bertz CT molecular complexity index is 2690. The lowest BCUT2D eigenvalue weighted by atomic mass is 9.84. The Morgan fingerprint density at radius 3 is 1.81 bits per heavy atom. The van der Waals surface area contributed by atoms with Crippen molar-refractivity contribution >= 4 is 43.4 Å². The fraction of sp³-hybridized carbons (Fsp3) is 0.0222. The standard InChI is InChI=1S/C45H29N3/c1-29-22-24-40(35-17-6-5-16-34(29)35)44-38-20-9-7-18-36(38)43(37-19-8-10-21-39(37)44)31-12-11-13-32(27-31)45-47-41-26-30(28-46)23-25-42(41)48(45)33-14-3-2-4-15-33/h2-27H,1H3. The minimum atomic E-state index is 0.597. The van der Waals surface area contributed by atoms with Crippen LogP contribution in [0.3, 0.4) is 0 Å². The smallest absolute Gasteiger partial charge is 0.145 e. The first-order valence-electron chi connectivity index (χ1n) is 16.2. The van der Waals surface area contributed by atoms with E-state index in [0.717, 1.165) is 33.7 Å². The molecule has 0 N–H and O–H groups in total. The lowest BCUT2D eigenvalue weighted by Crippen LogP contribution is -1.97. The van der Waals surface area contributed by atoms with Crippen LogP contribution in [0.15, 0.2) is 158 Å². The summed E-state index contributed by atoms with van der Waals surface area (Å²) in [6.45, 7) is 2.19. The molecule has 3 heteroatoms. The highest BCUT2D eigenvalue weighted by Gasteiger charge is 2.20. The van der Waals surface area contributed by atoms with E-state index in [1.54, 1.807) is 0 Å². The van der Waals surface area contributed by atoms with Gasteiger partial charge < -0.3 is 0 Å². The van der Waals surface area contributed by atoms with Crippen LogP contribution < -0.4 is 0 Å². The van der Waals surface area contributed by atoms with Crippen molar-refractivity contribution in [2.75, 3.05) is 0 Å². The minimum absolute atomic E-state index is 0.597. The molecule has 1 heterocycles. The van der Waals surface area contributed by atoms with Crippen LogP contribution in [0.1, 0.15) is 11.1 Å². The second kappa shape index (κ2) is 11.1. The molecule has 0 bridgehead atoms. The number of nitrogens with zero attached hydrogens (tertiary/aromatic N) is 3. The van der Waals surface area contributed by atoms with E-state index >= 15 is 0 Å².